The zero-order chi connectivity index (χ0) is 24.9. The minimum Gasteiger partial charge on any atom is -0.469 e. The Balaban J connectivity index is 1.96. The molecule has 1 aliphatic heterocycles. The molecule has 2 aromatic rings. The van der Waals surface area contributed by atoms with Crippen LogP contribution in [0.2, 0.25) is 0 Å². The van der Waals surface area contributed by atoms with E-state index in [1.54, 1.807) is 27.7 Å². The number of benzene rings is 2. The largest absolute Gasteiger partial charge is 0.469 e. The molecule has 2 aromatic carbocycles. The van der Waals surface area contributed by atoms with Gasteiger partial charge in [-0.25, -0.2) is 9.59 Å². The Bertz CT molecular complexity index is 989. The van der Waals surface area contributed by atoms with E-state index in [0.29, 0.717) is 0 Å². The molecule has 1 N–H and O–H groups in total. The van der Waals surface area contributed by atoms with Gasteiger partial charge in [0.2, 0.25) is 0 Å². The number of nitrogens with zero attached hydrogens (tertiary/aromatic N) is 1. The van der Waals surface area contributed by atoms with Crippen molar-refractivity contribution in [2.24, 2.45) is 5.92 Å². The van der Waals surface area contributed by atoms with E-state index in [4.69, 9.17) is 14.2 Å². The molecule has 1 fully saturated rings. The summed E-state index contributed by atoms with van der Waals surface area (Å²) in [5.74, 6) is -1.36. The third-order valence-electron chi connectivity index (χ3n) is 5.70. The topological polar surface area (TPSA) is 94.2 Å². The van der Waals surface area contributed by atoms with Crippen LogP contribution in [0, 0.1) is 5.92 Å². The second-order valence-corrected chi connectivity index (χ2v) is 9.26. The van der Waals surface area contributed by atoms with Crippen molar-refractivity contribution in [2.45, 2.75) is 58.0 Å². The lowest BCUT2D eigenvalue weighted by molar-refractivity contribution is -0.146. The van der Waals surface area contributed by atoms with Crippen LogP contribution in [-0.2, 0) is 25.6 Å². The normalized spacial score (nSPS) is 22.1. The van der Waals surface area contributed by atoms with Crippen molar-refractivity contribution in [3.8, 4) is 0 Å². The number of alkyl carbamates (subject to hydrolysis) is 1. The lowest BCUT2D eigenvalue weighted by Crippen LogP contribution is -2.47. The number of nitrogens with one attached hydrogen (secondary N) is 1. The Kier molecular flexibility index (Phi) is 7.81. The highest BCUT2D eigenvalue weighted by molar-refractivity contribution is 5.80. The molecule has 182 valence electrons. The molecule has 0 aliphatic carbocycles. The predicted molar refractivity (Wildman–Crippen MR) is 126 cm³/mol. The van der Waals surface area contributed by atoms with Crippen molar-refractivity contribution < 1.29 is 28.6 Å². The van der Waals surface area contributed by atoms with E-state index in [1.165, 1.54) is 12.0 Å². The maximum atomic E-state index is 13.3. The average Bonchev–Trinajstić information content (AvgIpc) is 3.08. The van der Waals surface area contributed by atoms with Gasteiger partial charge >= 0.3 is 18.2 Å². The Morgan fingerprint density at radius 2 is 1.56 bits per heavy atom. The highest BCUT2D eigenvalue weighted by Crippen LogP contribution is 2.41. The van der Waals surface area contributed by atoms with E-state index in [9.17, 15) is 14.4 Å². The molecule has 0 spiro atoms. The van der Waals surface area contributed by atoms with Crippen molar-refractivity contribution in [3.05, 3.63) is 71.8 Å². The Morgan fingerprint density at radius 1 is 0.971 bits per heavy atom. The average molecular weight is 469 g/mol. The minimum absolute atomic E-state index is 0.0808. The van der Waals surface area contributed by atoms with E-state index in [1.807, 2.05) is 60.7 Å². The van der Waals surface area contributed by atoms with Crippen molar-refractivity contribution >= 4 is 18.2 Å². The lowest BCUT2D eigenvalue weighted by atomic mass is 9.91. The van der Waals surface area contributed by atoms with Crippen LogP contribution in [0.3, 0.4) is 0 Å². The van der Waals surface area contributed by atoms with E-state index in [2.05, 4.69) is 5.32 Å². The van der Waals surface area contributed by atoms with Gasteiger partial charge in [0.1, 0.15) is 12.2 Å². The van der Waals surface area contributed by atoms with Gasteiger partial charge in [-0.2, -0.15) is 0 Å². The van der Waals surface area contributed by atoms with Crippen molar-refractivity contribution in [1.29, 1.82) is 0 Å². The van der Waals surface area contributed by atoms with Crippen LogP contribution in [0.25, 0.3) is 0 Å². The first-order valence-electron chi connectivity index (χ1n) is 11.2. The highest BCUT2D eigenvalue weighted by Gasteiger charge is 2.54. The van der Waals surface area contributed by atoms with Crippen LogP contribution >= 0.6 is 0 Å². The number of carbonyl (C=O) groups excluding carboxylic acids is 3. The minimum atomic E-state index is -0.827. The molecule has 0 aromatic heterocycles. The van der Waals surface area contributed by atoms with Gasteiger partial charge < -0.3 is 19.5 Å². The van der Waals surface area contributed by atoms with E-state index >= 15 is 0 Å². The molecule has 0 radical (unpaired) electrons. The number of hydrogen-bond donors (Lipinski definition) is 1. The van der Waals surface area contributed by atoms with Crippen molar-refractivity contribution in [1.82, 2.24) is 10.2 Å². The molecule has 3 rings (SSSR count). The molecule has 0 bridgehead atoms. The first-order valence-corrected chi connectivity index (χ1v) is 11.2. The standard InChI is InChI=1S/C26H32N2O6/c1-17-20(23(29)32-5)21(27-24(30)34-26(2,3)4)22(19-14-10-7-11-15-19)28(17)25(31)33-16-18-12-8-6-9-13-18/h6-15,17,20-22H,16H2,1-5H3,(H,27,30)/t17-,20+,21+,22-/m0/s1. The third kappa shape index (κ3) is 5.87. The predicted octanol–water partition coefficient (Wildman–Crippen LogP) is 4.45. The monoisotopic (exact) mass is 468 g/mol. The Morgan fingerprint density at radius 3 is 2.12 bits per heavy atom. The number of hydrogen-bond acceptors (Lipinski definition) is 6. The quantitative estimate of drug-likeness (QED) is 0.515. The smallest absolute Gasteiger partial charge is 0.410 e. The van der Waals surface area contributed by atoms with Gasteiger partial charge in [0.15, 0.2) is 0 Å². The summed E-state index contributed by atoms with van der Waals surface area (Å²) in [7, 11) is 1.29. The lowest BCUT2D eigenvalue weighted by Gasteiger charge is -2.30. The van der Waals surface area contributed by atoms with Gasteiger partial charge in [0, 0.05) is 6.04 Å². The van der Waals surface area contributed by atoms with Gasteiger partial charge in [-0.15, -0.1) is 0 Å². The number of amides is 2. The zero-order valence-electron chi connectivity index (χ0n) is 20.2. The molecule has 2 amide bonds. The van der Waals surface area contributed by atoms with Gasteiger partial charge in [-0.3, -0.25) is 9.69 Å². The van der Waals surface area contributed by atoms with E-state index < -0.39 is 47.8 Å². The summed E-state index contributed by atoms with van der Waals surface area (Å²) in [6.45, 7) is 7.09. The number of methoxy groups -OCH3 is 1. The molecule has 1 saturated heterocycles. The first-order chi connectivity index (χ1) is 16.1. The number of likely N-dealkylation sites (tertiary alicyclic amines) is 1. The van der Waals surface area contributed by atoms with Gasteiger partial charge in [-0.05, 0) is 38.8 Å². The molecule has 0 saturated carbocycles. The summed E-state index contributed by atoms with van der Waals surface area (Å²) in [5, 5.41) is 2.83. The highest BCUT2D eigenvalue weighted by atomic mass is 16.6. The molecule has 1 heterocycles. The molecule has 34 heavy (non-hydrogen) atoms. The van der Waals surface area contributed by atoms with Crippen molar-refractivity contribution in [2.75, 3.05) is 7.11 Å². The summed E-state index contributed by atoms with van der Waals surface area (Å²) < 4.78 is 16.1. The molecule has 1 aliphatic rings. The Hall–Kier alpha value is -3.55. The summed E-state index contributed by atoms with van der Waals surface area (Å²) in [6.07, 6.45) is -1.27. The first kappa shape index (κ1) is 25.1. The molecule has 4 atom stereocenters. The third-order valence-corrected chi connectivity index (χ3v) is 5.70. The molecule has 0 unspecified atom stereocenters. The number of esters is 1. The summed E-state index contributed by atoms with van der Waals surface area (Å²) in [6, 6.07) is 16.5. The maximum Gasteiger partial charge on any atom is 0.410 e. The second-order valence-electron chi connectivity index (χ2n) is 9.26. The second kappa shape index (κ2) is 10.6. The molecular formula is C26H32N2O6. The molecule has 8 nitrogen and oxygen atoms in total. The number of carbonyl (C=O) groups is 3. The maximum absolute atomic E-state index is 13.3. The fraction of sp³-hybridized carbons (Fsp3) is 0.423. The van der Waals surface area contributed by atoms with Crippen LogP contribution in [0.1, 0.15) is 44.9 Å². The molecule has 8 heteroatoms. The van der Waals surface area contributed by atoms with Crippen LogP contribution in [-0.4, -0.2) is 47.9 Å². The van der Waals surface area contributed by atoms with Crippen molar-refractivity contribution in [3.63, 3.8) is 0 Å². The summed E-state index contributed by atoms with van der Waals surface area (Å²) >= 11 is 0. The van der Waals surface area contributed by atoms with Crippen LogP contribution < -0.4 is 5.32 Å². The summed E-state index contributed by atoms with van der Waals surface area (Å²) in [4.78, 5) is 40.4. The number of rotatable bonds is 5. The van der Waals surface area contributed by atoms with Crippen LogP contribution in [0.15, 0.2) is 60.7 Å². The summed E-state index contributed by atoms with van der Waals surface area (Å²) in [5.41, 5.74) is 0.858. The fourth-order valence-corrected chi connectivity index (χ4v) is 4.28. The van der Waals surface area contributed by atoms with Crippen LogP contribution in [0.4, 0.5) is 9.59 Å². The van der Waals surface area contributed by atoms with Gasteiger partial charge in [-0.1, -0.05) is 60.7 Å². The SMILES string of the molecule is COC(=O)[C@H]1[C@@H](NC(=O)OC(C)(C)C)[C@H](c2ccccc2)N(C(=O)OCc2ccccc2)[C@H]1C. The van der Waals surface area contributed by atoms with Gasteiger partial charge in [0.05, 0.1) is 25.1 Å². The van der Waals surface area contributed by atoms with Gasteiger partial charge in [0.25, 0.3) is 0 Å². The molecular weight excluding hydrogens is 436 g/mol. The van der Waals surface area contributed by atoms with E-state index in [0.717, 1.165) is 11.1 Å². The fourth-order valence-electron chi connectivity index (χ4n) is 4.28. The van der Waals surface area contributed by atoms with Crippen LogP contribution in [0.5, 0.6) is 0 Å². The zero-order valence-corrected chi connectivity index (χ0v) is 20.2. The van der Waals surface area contributed by atoms with E-state index in [-0.39, 0.29) is 6.61 Å². The number of ether oxygens (including phenoxy) is 3. The Labute approximate surface area is 200 Å².